The van der Waals surface area contributed by atoms with Gasteiger partial charge in [-0.15, -0.1) is 0 Å². The number of nitrogens with one attached hydrogen (secondary N) is 1. The second kappa shape index (κ2) is 8.10. The fourth-order valence-electron chi connectivity index (χ4n) is 3.04. The van der Waals surface area contributed by atoms with Gasteiger partial charge in [-0.05, 0) is 42.7 Å². The largest absolute Gasteiger partial charge is 0.334 e. The van der Waals surface area contributed by atoms with Crippen molar-refractivity contribution >= 4 is 16.1 Å². The normalized spacial score (nSPS) is 15.6. The Bertz CT molecular complexity index is 905. The fourth-order valence-corrected chi connectivity index (χ4v) is 4.55. The second-order valence-corrected chi connectivity index (χ2v) is 8.72. The van der Waals surface area contributed by atoms with Gasteiger partial charge in [-0.25, -0.2) is 13.2 Å². The predicted molar refractivity (Wildman–Crippen MR) is 105 cm³/mol. The molecule has 1 aliphatic rings. The van der Waals surface area contributed by atoms with E-state index in [-0.39, 0.29) is 6.03 Å². The number of sulfonamides is 1. The van der Waals surface area contributed by atoms with Gasteiger partial charge in [0.1, 0.15) is 0 Å². The van der Waals surface area contributed by atoms with Crippen molar-refractivity contribution in [3.8, 4) is 0 Å². The number of benzene rings is 2. The van der Waals surface area contributed by atoms with Crippen molar-refractivity contribution in [2.45, 2.75) is 25.3 Å². The maximum Gasteiger partial charge on any atom is 0.317 e. The van der Waals surface area contributed by atoms with Crippen molar-refractivity contribution in [2.75, 3.05) is 26.2 Å². The van der Waals surface area contributed by atoms with E-state index in [0.29, 0.717) is 37.6 Å². The van der Waals surface area contributed by atoms with Gasteiger partial charge < -0.3 is 10.2 Å². The molecule has 144 valence electrons. The van der Waals surface area contributed by atoms with E-state index in [4.69, 9.17) is 0 Å². The number of hydrogen-bond acceptors (Lipinski definition) is 3. The Morgan fingerprint density at radius 1 is 0.963 bits per heavy atom. The van der Waals surface area contributed by atoms with Crippen LogP contribution in [0.15, 0.2) is 53.4 Å². The quantitative estimate of drug-likeness (QED) is 0.876. The van der Waals surface area contributed by atoms with Gasteiger partial charge in [0.25, 0.3) is 0 Å². The average Bonchev–Trinajstić information content (AvgIpc) is 2.69. The molecule has 27 heavy (non-hydrogen) atoms. The Morgan fingerprint density at radius 3 is 2.26 bits per heavy atom. The van der Waals surface area contributed by atoms with Crippen LogP contribution in [0.4, 0.5) is 4.79 Å². The second-order valence-electron chi connectivity index (χ2n) is 6.78. The van der Waals surface area contributed by atoms with Crippen molar-refractivity contribution in [3.05, 3.63) is 65.2 Å². The molecule has 1 saturated heterocycles. The van der Waals surface area contributed by atoms with Crippen LogP contribution in [0.1, 0.15) is 16.7 Å². The molecule has 1 heterocycles. The summed E-state index contributed by atoms with van der Waals surface area (Å²) in [5.74, 6) is 0. The summed E-state index contributed by atoms with van der Waals surface area (Å²) in [5, 5.41) is 2.89. The van der Waals surface area contributed by atoms with Gasteiger partial charge in [0, 0.05) is 32.7 Å². The number of carbonyl (C=O) groups is 1. The molecule has 1 N–H and O–H groups in total. The van der Waals surface area contributed by atoms with E-state index in [1.807, 2.05) is 50.2 Å². The number of amides is 2. The predicted octanol–water partition coefficient (Wildman–Crippen LogP) is 2.52. The van der Waals surface area contributed by atoms with E-state index in [9.17, 15) is 13.2 Å². The van der Waals surface area contributed by atoms with Crippen LogP contribution in [0, 0.1) is 13.8 Å². The van der Waals surface area contributed by atoms with Crippen LogP contribution in [0.2, 0.25) is 0 Å². The molecular formula is C20H25N3O3S. The molecule has 0 spiro atoms. The Labute approximate surface area is 160 Å². The molecule has 0 bridgehead atoms. The molecule has 2 amide bonds. The summed E-state index contributed by atoms with van der Waals surface area (Å²) in [7, 11) is -3.53. The first-order valence-electron chi connectivity index (χ1n) is 9.02. The van der Waals surface area contributed by atoms with Gasteiger partial charge in [0.15, 0.2) is 0 Å². The van der Waals surface area contributed by atoms with Gasteiger partial charge in [0.05, 0.1) is 4.90 Å². The molecule has 3 rings (SSSR count). The lowest BCUT2D eigenvalue weighted by atomic mass is 10.1. The fraction of sp³-hybridized carbons (Fsp3) is 0.350. The minimum absolute atomic E-state index is 0.165. The lowest BCUT2D eigenvalue weighted by Gasteiger charge is -2.34. The van der Waals surface area contributed by atoms with Crippen LogP contribution < -0.4 is 5.32 Å². The molecule has 7 heteroatoms. The van der Waals surface area contributed by atoms with Gasteiger partial charge in [0.2, 0.25) is 10.0 Å². The van der Waals surface area contributed by atoms with E-state index >= 15 is 0 Å². The van der Waals surface area contributed by atoms with E-state index in [0.717, 1.165) is 16.7 Å². The van der Waals surface area contributed by atoms with E-state index in [1.54, 1.807) is 17.0 Å². The summed E-state index contributed by atoms with van der Waals surface area (Å²) in [4.78, 5) is 14.3. The maximum atomic E-state index is 12.8. The summed E-state index contributed by atoms with van der Waals surface area (Å²) in [5.41, 5.74) is 3.05. The van der Waals surface area contributed by atoms with Crippen molar-refractivity contribution in [1.29, 1.82) is 0 Å². The Morgan fingerprint density at radius 2 is 1.63 bits per heavy atom. The number of urea groups is 1. The van der Waals surface area contributed by atoms with Crippen LogP contribution in [0.3, 0.4) is 0 Å². The van der Waals surface area contributed by atoms with Gasteiger partial charge >= 0.3 is 6.03 Å². The molecule has 0 saturated carbocycles. The molecule has 1 fully saturated rings. The van der Waals surface area contributed by atoms with Crippen LogP contribution >= 0.6 is 0 Å². The third kappa shape index (κ3) is 4.48. The summed E-state index contributed by atoms with van der Waals surface area (Å²) >= 11 is 0. The standard InChI is InChI=1S/C20H25N3O3S/c1-16-8-9-19(14-17(16)2)27(25,26)23-12-10-22(11-13-23)20(24)21-15-18-6-4-3-5-7-18/h3-9,14H,10-13,15H2,1-2H3,(H,21,24). The van der Waals surface area contributed by atoms with Crippen molar-refractivity contribution < 1.29 is 13.2 Å². The first-order valence-corrected chi connectivity index (χ1v) is 10.5. The number of piperazine rings is 1. The number of carbonyl (C=O) groups excluding carboxylic acids is 1. The average molecular weight is 388 g/mol. The molecule has 0 atom stereocenters. The van der Waals surface area contributed by atoms with Crippen molar-refractivity contribution in [3.63, 3.8) is 0 Å². The number of aryl methyl sites for hydroxylation is 2. The van der Waals surface area contributed by atoms with Crippen LogP contribution in [0.25, 0.3) is 0 Å². The number of hydrogen-bond donors (Lipinski definition) is 1. The number of rotatable bonds is 4. The Balaban J connectivity index is 1.57. The lowest BCUT2D eigenvalue weighted by molar-refractivity contribution is 0.172. The monoisotopic (exact) mass is 387 g/mol. The first kappa shape index (κ1) is 19.4. The van der Waals surface area contributed by atoms with Crippen LogP contribution in [-0.2, 0) is 16.6 Å². The zero-order valence-electron chi connectivity index (χ0n) is 15.7. The maximum absolute atomic E-state index is 12.8. The molecule has 0 aliphatic carbocycles. The Kier molecular flexibility index (Phi) is 5.82. The summed E-state index contributed by atoms with van der Waals surface area (Å²) in [6.45, 7) is 5.68. The highest BCUT2D eigenvalue weighted by Gasteiger charge is 2.30. The highest BCUT2D eigenvalue weighted by molar-refractivity contribution is 7.89. The molecule has 2 aromatic rings. The molecule has 1 aliphatic heterocycles. The molecular weight excluding hydrogens is 362 g/mol. The number of nitrogens with zero attached hydrogens (tertiary/aromatic N) is 2. The molecule has 0 aromatic heterocycles. The van der Waals surface area contributed by atoms with Gasteiger partial charge in [-0.2, -0.15) is 4.31 Å². The highest BCUT2D eigenvalue weighted by atomic mass is 32.2. The topological polar surface area (TPSA) is 69.7 Å². The van der Waals surface area contributed by atoms with Crippen molar-refractivity contribution in [1.82, 2.24) is 14.5 Å². The van der Waals surface area contributed by atoms with Gasteiger partial charge in [-0.3, -0.25) is 0 Å². The summed E-state index contributed by atoms with van der Waals surface area (Å²) < 4.78 is 27.1. The third-order valence-corrected chi connectivity index (χ3v) is 6.82. The van der Waals surface area contributed by atoms with E-state index < -0.39 is 10.0 Å². The lowest BCUT2D eigenvalue weighted by Crippen LogP contribution is -2.52. The highest BCUT2D eigenvalue weighted by Crippen LogP contribution is 2.20. The van der Waals surface area contributed by atoms with Crippen LogP contribution in [0.5, 0.6) is 0 Å². The Hall–Kier alpha value is -2.38. The zero-order chi connectivity index (χ0) is 19.4. The molecule has 2 aromatic carbocycles. The minimum Gasteiger partial charge on any atom is -0.334 e. The third-order valence-electron chi connectivity index (χ3n) is 4.93. The van der Waals surface area contributed by atoms with Crippen LogP contribution in [-0.4, -0.2) is 49.8 Å². The minimum atomic E-state index is -3.53. The van der Waals surface area contributed by atoms with E-state index in [1.165, 1.54) is 4.31 Å². The molecule has 0 unspecified atom stereocenters. The van der Waals surface area contributed by atoms with E-state index in [2.05, 4.69) is 5.32 Å². The molecule has 6 nitrogen and oxygen atoms in total. The summed E-state index contributed by atoms with van der Waals surface area (Å²) in [6, 6.07) is 14.7. The zero-order valence-corrected chi connectivity index (χ0v) is 16.5. The molecule has 0 radical (unpaired) electrons. The first-order chi connectivity index (χ1) is 12.9. The smallest absolute Gasteiger partial charge is 0.317 e. The van der Waals surface area contributed by atoms with Gasteiger partial charge in [-0.1, -0.05) is 36.4 Å². The SMILES string of the molecule is Cc1ccc(S(=O)(=O)N2CCN(C(=O)NCc3ccccc3)CC2)cc1C. The van der Waals surface area contributed by atoms with Crippen molar-refractivity contribution in [2.24, 2.45) is 0 Å². The summed E-state index contributed by atoms with van der Waals surface area (Å²) in [6.07, 6.45) is 0.